The van der Waals surface area contributed by atoms with E-state index in [4.69, 9.17) is 9.47 Å². The van der Waals surface area contributed by atoms with Crippen molar-refractivity contribution in [3.63, 3.8) is 0 Å². The highest BCUT2D eigenvalue weighted by atomic mass is 16.5. The second kappa shape index (κ2) is 7.35. The summed E-state index contributed by atoms with van der Waals surface area (Å²) >= 11 is 0. The monoisotopic (exact) mass is 394 g/mol. The Morgan fingerprint density at radius 2 is 1.93 bits per heavy atom. The number of carbonyl (C=O) groups excluding carboxylic acids is 2. The van der Waals surface area contributed by atoms with Gasteiger partial charge in [-0.25, -0.2) is 9.59 Å². The van der Waals surface area contributed by atoms with Crippen LogP contribution in [0.15, 0.2) is 40.1 Å². The average Bonchev–Trinajstić information content (AvgIpc) is 3.11. The normalized spacial score (nSPS) is 21.7. The Balaban J connectivity index is 2.31. The first kappa shape index (κ1) is 20.6. The third-order valence-corrected chi connectivity index (χ3v) is 5.90. The first-order chi connectivity index (χ1) is 13.7. The van der Waals surface area contributed by atoms with Crippen molar-refractivity contribution in [3.05, 3.63) is 56.9 Å². The van der Waals surface area contributed by atoms with E-state index in [1.165, 1.54) is 14.2 Å². The number of aromatic nitrogens is 1. The van der Waals surface area contributed by atoms with Crippen LogP contribution in [0.2, 0.25) is 0 Å². The molecule has 1 N–H and O–H groups in total. The SMILES string of the molecule is C=C1N=C(/C=c2\[nH]c(=C)c(C)c2CC)C2(C)C1=CCC(C(=O)OC)=C2C(=O)OC. The van der Waals surface area contributed by atoms with Gasteiger partial charge in [-0.05, 0) is 49.5 Å². The van der Waals surface area contributed by atoms with E-state index in [2.05, 4.69) is 30.1 Å². The van der Waals surface area contributed by atoms with E-state index < -0.39 is 17.4 Å². The number of methoxy groups -OCH3 is 2. The number of hydrogen-bond acceptors (Lipinski definition) is 5. The Kier molecular flexibility index (Phi) is 5.22. The third-order valence-electron chi connectivity index (χ3n) is 5.90. The standard InChI is InChI=1S/C23H26N2O4/c1-8-15-12(2)13(3)24-18(15)11-19-23(5)17(14(4)25-19)10-9-16(21(26)28-6)20(23)22(27)29-7/h10-11,24H,3-4,8-9H2,1-2,5-7H3/b18-11-. The Morgan fingerprint density at radius 1 is 1.28 bits per heavy atom. The third kappa shape index (κ3) is 2.99. The summed E-state index contributed by atoms with van der Waals surface area (Å²) in [4.78, 5) is 33.2. The lowest BCUT2D eigenvalue weighted by atomic mass is 9.67. The largest absolute Gasteiger partial charge is 0.466 e. The molecule has 0 spiro atoms. The van der Waals surface area contributed by atoms with Gasteiger partial charge in [0.15, 0.2) is 0 Å². The van der Waals surface area contributed by atoms with Gasteiger partial charge < -0.3 is 14.5 Å². The smallest absolute Gasteiger partial charge is 0.335 e. The molecule has 152 valence electrons. The minimum Gasteiger partial charge on any atom is -0.466 e. The van der Waals surface area contributed by atoms with Gasteiger partial charge in [-0.3, -0.25) is 4.99 Å². The molecule has 0 saturated heterocycles. The van der Waals surface area contributed by atoms with E-state index in [9.17, 15) is 9.59 Å². The summed E-state index contributed by atoms with van der Waals surface area (Å²) in [6, 6.07) is 0. The molecule has 0 aromatic carbocycles. The molecule has 3 rings (SSSR count). The molecule has 2 aliphatic rings. The molecule has 1 aromatic rings. The summed E-state index contributed by atoms with van der Waals surface area (Å²) in [5.41, 5.74) is 3.78. The summed E-state index contributed by atoms with van der Waals surface area (Å²) in [6.45, 7) is 14.1. The maximum atomic E-state index is 12.8. The van der Waals surface area contributed by atoms with Gasteiger partial charge in [-0.1, -0.05) is 26.2 Å². The molecule has 0 saturated carbocycles. The quantitative estimate of drug-likeness (QED) is 0.793. The highest BCUT2D eigenvalue weighted by molar-refractivity contribution is 6.23. The molecular formula is C23H26N2O4. The molecule has 1 aliphatic heterocycles. The predicted octanol–water partition coefficient (Wildman–Crippen LogP) is 2.02. The van der Waals surface area contributed by atoms with Crippen LogP contribution >= 0.6 is 0 Å². The molecule has 1 atom stereocenters. The van der Waals surface area contributed by atoms with Crippen molar-refractivity contribution in [2.24, 2.45) is 10.4 Å². The van der Waals surface area contributed by atoms with E-state index in [0.717, 1.165) is 33.8 Å². The molecule has 6 heteroatoms. The van der Waals surface area contributed by atoms with Gasteiger partial charge in [-0.2, -0.15) is 0 Å². The number of nitrogens with zero attached hydrogens (tertiary/aromatic N) is 1. The molecule has 1 aliphatic carbocycles. The number of nitrogens with one attached hydrogen (secondary N) is 1. The number of hydrogen-bond donors (Lipinski definition) is 1. The highest BCUT2D eigenvalue weighted by Gasteiger charge is 2.50. The lowest BCUT2D eigenvalue weighted by Crippen LogP contribution is -2.37. The van der Waals surface area contributed by atoms with Gasteiger partial charge in [0, 0.05) is 10.7 Å². The zero-order valence-corrected chi connectivity index (χ0v) is 17.6. The van der Waals surface area contributed by atoms with Gasteiger partial charge in [0.05, 0.1) is 42.2 Å². The number of aromatic amines is 1. The van der Waals surface area contributed by atoms with Crippen molar-refractivity contribution in [1.82, 2.24) is 4.98 Å². The summed E-state index contributed by atoms with van der Waals surface area (Å²) < 4.78 is 9.96. The topological polar surface area (TPSA) is 80.8 Å². The predicted molar refractivity (Wildman–Crippen MR) is 113 cm³/mol. The van der Waals surface area contributed by atoms with Crippen molar-refractivity contribution in [3.8, 4) is 0 Å². The molecule has 0 fully saturated rings. The number of ether oxygens (including phenoxy) is 2. The van der Waals surface area contributed by atoms with E-state index in [-0.39, 0.29) is 17.6 Å². The van der Waals surface area contributed by atoms with Gasteiger partial charge in [-0.15, -0.1) is 0 Å². The van der Waals surface area contributed by atoms with Crippen LogP contribution < -0.4 is 10.7 Å². The second-order valence-electron chi connectivity index (χ2n) is 7.35. The minimum atomic E-state index is -0.961. The van der Waals surface area contributed by atoms with Crippen molar-refractivity contribution >= 4 is 30.3 Å². The maximum absolute atomic E-state index is 12.8. The fourth-order valence-electron chi connectivity index (χ4n) is 4.28. The van der Waals surface area contributed by atoms with Crippen LogP contribution in [-0.2, 0) is 25.5 Å². The van der Waals surface area contributed by atoms with Crippen LogP contribution in [-0.4, -0.2) is 36.9 Å². The Bertz CT molecular complexity index is 1130. The van der Waals surface area contributed by atoms with Crippen molar-refractivity contribution in [2.45, 2.75) is 33.6 Å². The lowest BCUT2D eigenvalue weighted by molar-refractivity contribution is -0.140. The highest BCUT2D eigenvalue weighted by Crippen LogP contribution is 2.51. The van der Waals surface area contributed by atoms with Gasteiger partial charge in [0.1, 0.15) is 0 Å². The fourth-order valence-corrected chi connectivity index (χ4v) is 4.28. The second-order valence-corrected chi connectivity index (χ2v) is 7.35. The Labute approximate surface area is 170 Å². The van der Waals surface area contributed by atoms with E-state index in [1.54, 1.807) is 0 Å². The van der Waals surface area contributed by atoms with Crippen LogP contribution in [0.5, 0.6) is 0 Å². The summed E-state index contributed by atoms with van der Waals surface area (Å²) in [5.74, 6) is -1.13. The first-order valence-electron chi connectivity index (χ1n) is 9.48. The number of rotatable bonds is 4. The first-order valence-corrected chi connectivity index (χ1v) is 9.48. The molecule has 6 nitrogen and oxygen atoms in total. The maximum Gasteiger partial charge on any atom is 0.335 e. The molecule has 29 heavy (non-hydrogen) atoms. The molecule has 0 bridgehead atoms. The number of esters is 2. The Morgan fingerprint density at radius 3 is 2.52 bits per heavy atom. The summed E-state index contributed by atoms with van der Waals surface area (Å²) in [6.07, 6.45) is 4.88. The lowest BCUT2D eigenvalue weighted by Gasteiger charge is -2.33. The Hall–Kier alpha value is -3.15. The summed E-state index contributed by atoms with van der Waals surface area (Å²) in [7, 11) is 2.60. The van der Waals surface area contributed by atoms with Crippen molar-refractivity contribution in [1.29, 1.82) is 0 Å². The molecule has 1 unspecified atom stereocenters. The van der Waals surface area contributed by atoms with Gasteiger partial charge >= 0.3 is 11.9 Å². The van der Waals surface area contributed by atoms with Crippen LogP contribution in [0.1, 0.15) is 31.4 Å². The summed E-state index contributed by atoms with van der Waals surface area (Å²) in [5, 5.41) is 1.73. The number of H-pyrrole nitrogens is 1. The number of allylic oxidation sites excluding steroid dienone is 2. The van der Waals surface area contributed by atoms with Gasteiger partial charge in [0.25, 0.3) is 0 Å². The number of aliphatic imine (C=N–C) groups is 1. The molecule has 0 radical (unpaired) electrons. The fraction of sp³-hybridized carbons (Fsp3) is 0.348. The number of fused-ring (bicyclic) bond motifs is 1. The minimum absolute atomic E-state index is 0.245. The molecular weight excluding hydrogens is 368 g/mol. The van der Waals surface area contributed by atoms with Crippen LogP contribution in [0, 0.1) is 12.3 Å². The van der Waals surface area contributed by atoms with Crippen LogP contribution in [0.4, 0.5) is 0 Å². The van der Waals surface area contributed by atoms with E-state index >= 15 is 0 Å². The van der Waals surface area contributed by atoms with E-state index in [0.29, 0.717) is 11.4 Å². The molecule has 1 aromatic heterocycles. The zero-order valence-electron chi connectivity index (χ0n) is 17.6. The van der Waals surface area contributed by atoms with Crippen molar-refractivity contribution in [2.75, 3.05) is 14.2 Å². The van der Waals surface area contributed by atoms with E-state index in [1.807, 2.05) is 26.0 Å². The number of carbonyl (C=O) groups is 2. The van der Waals surface area contributed by atoms with Crippen molar-refractivity contribution < 1.29 is 19.1 Å². The molecule has 2 heterocycles. The van der Waals surface area contributed by atoms with Crippen LogP contribution in [0.3, 0.4) is 0 Å². The van der Waals surface area contributed by atoms with Crippen LogP contribution in [0.25, 0.3) is 12.7 Å². The van der Waals surface area contributed by atoms with Gasteiger partial charge in [0.2, 0.25) is 0 Å². The molecule has 0 amide bonds. The zero-order chi connectivity index (χ0) is 21.5. The average molecular weight is 394 g/mol.